The first kappa shape index (κ1) is 29.9. The van der Waals surface area contributed by atoms with Crippen LogP contribution >= 0.6 is 0 Å². The van der Waals surface area contributed by atoms with Crippen LogP contribution in [0.2, 0.25) is 0 Å². The smallest absolute Gasteiger partial charge is 0.341 e. The van der Waals surface area contributed by atoms with Gasteiger partial charge in [0.1, 0.15) is 11.5 Å². The van der Waals surface area contributed by atoms with E-state index in [4.69, 9.17) is 23.7 Å². The van der Waals surface area contributed by atoms with Crippen molar-refractivity contribution in [3.8, 4) is 11.5 Å². The van der Waals surface area contributed by atoms with Crippen molar-refractivity contribution in [2.45, 2.75) is 45.5 Å². The molecule has 2 unspecified atom stereocenters. The number of aliphatic hydroxyl groups is 1. The predicted octanol–water partition coefficient (Wildman–Crippen LogP) is 2.99. The molecule has 0 amide bonds. The van der Waals surface area contributed by atoms with Crippen LogP contribution in [0.15, 0.2) is 48.5 Å². The van der Waals surface area contributed by atoms with Gasteiger partial charge >= 0.3 is 23.9 Å². The van der Waals surface area contributed by atoms with E-state index in [1.165, 1.54) is 32.1 Å². The van der Waals surface area contributed by atoms with Gasteiger partial charge in [0.05, 0.1) is 11.1 Å². The highest BCUT2D eigenvalue weighted by molar-refractivity contribution is 6.00. The van der Waals surface area contributed by atoms with Crippen molar-refractivity contribution in [3.63, 3.8) is 0 Å². The summed E-state index contributed by atoms with van der Waals surface area (Å²) in [6, 6.07) is 13.8. The molecule has 3 aromatic carbocycles. The molecular weight excluding hydrogens is 582 g/mol. The third-order valence-electron chi connectivity index (χ3n) is 8.15. The number of hydrogen-bond acceptors (Lipinski definition) is 11. The third kappa shape index (κ3) is 4.98. The van der Waals surface area contributed by atoms with E-state index < -0.39 is 42.1 Å². The van der Waals surface area contributed by atoms with Crippen LogP contribution in [0.5, 0.6) is 11.5 Å². The first-order valence-corrected chi connectivity index (χ1v) is 14.5. The van der Waals surface area contributed by atoms with Gasteiger partial charge in [-0.15, -0.1) is 0 Å². The summed E-state index contributed by atoms with van der Waals surface area (Å²) in [5.74, 6) is -3.58. The zero-order valence-electron chi connectivity index (χ0n) is 25.2. The molecule has 11 nitrogen and oxygen atoms in total. The lowest BCUT2D eigenvalue weighted by atomic mass is 9.76. The summed E-state index contributed by atoms with van der Waals surface area (Å²) in [5, 5.41) is 12.1. The van der Waals surface area contributed by atoms with Crippen LogP contribution in [0.25, 0.3) is 12.2 Å². The lowest BCUT2D eigenvalue weighted by molar-refractivity contribution is -0.180. The van der Waals surface area contributed by atoms with Crippen molar-refractivity contribution in [2.24, 2.45) is 0 Å². The standard InChI is InChI=1S/C34H31NO10/c1-5-35(6-2)23-9-12-27-29(16-23)43-30-24-13-14-33(40,44-20(4)37)17-22(24)8-11-28(30)34(27)26-10-7-21(15-25(26)32(39)45-34)31(38)42-18-41-19(3)36/h7-13,15-17,40H,5-6,14,18H2,1-4H3. The molecule has 1 N–H and O–H groups in total. The topological polar surface area (TPSA) is 138 Å². The molecule has 2 heterocycles. The number of nitrogens with zero attached hydrogens (tertiary/aromatic N) is 1. The maximum Gasteiger partial charge on any atom is 0.341 e. The average Bonchev–Trinajstić information content (AvgIpc) is 3.28. The van der Waals surface area contributed by atoms with E-state index in [1.54, 1.807) is 24.3 Å². The summed E-state index contributed by atoms with van der Waals surface area (Å²) in [6.07, 6.45) is 3.17. The zero-order chi connectivity index (χ0) is 32.1. The number of hydrogen-bond donors (Lipinski definition) is 1. The monoisotopic (exact) mass is 613 g/mol. The first-order valence-electron chi connectivity index (χ1n) is 14.5. The van der Waals surface area contributed by atoms with E-state index in [1.807, 2.05) is 18.2 Å². The highest BCUT2D eigenvalue weighted by Crippen LogP contribution is 2.55. The lowest BCUT2D eigenvalue weighted by Gasteiger charge is -2.38. The van der Waals surface area contributed by atoms with Crippen LogP contribution < -0.4 is 20.1 Å². The summed E-state index contributed by atoms with van der Waals surface area (Å²) in [5.41, 5.74) is 1.38. The number of benzene rings is 3. The summed E-state index contributed by atoms with van der Waals surface area (Å²) >= 11 is 0. The van der Waals surface area contributed by atoms with Crippen molar-refractivity contribution >= 4 is 41.7 Å². The van der Waals surface area contributed by atoms with E-state index in [0.29, 0.717) is 38.6 Å². The van der Waals surface area contributed by atoms with Gasteiger partial charge in [-0.3, -0.25) is 9.59 Å². The van der Waals surface area contributed by atoms with Crippen LogP contribution in [-0.2, 0) is 34.1 Å². The Morgan fingerprint density at radius 3 is 2.38 bits per heavy atom. The van der Waals surface area contributed by atoms with Gasteiger partial charge in [0.2, 0.25) is 12.6 Å². The van der Waals surface area contributed by atoms with Gasteiger partial charge in [-0.1, -0.05) is 18.2 Å². The van der Waals surface area contributed by atoms with Crippen molar-refractivity contribution in [1.82, 2.24) is 0 Å². The summed E-state index contributed by atoms with van der Waals surface area (Å²) in [6.45, 7) is 7.49. The van der Waals surface area contributed by atoms with Gasteiger partial charge in [-0.05, 0) is 55.5 Å². The molecule has 2 aliphatic heterocycles. The Morgan fingerprint density at radius 1 is 0.933 bits per heavy atom. The van der Waals surface area contributed by atoms with Crippen LogP contribution in [0.3, 0.4) is 0 Å². The maximum absolute atomic E-state index is 13.6. The summed E-state index contributed by atoms with van der Waals surface area (Å²) < 4.78 is 27.8. The highest BCUT2D eigenvalue weighted by Gasteiger charge is 2.54. The van der Waals surface area contributed by atoms with Gasteiger partial charge in [0.25, 0.3) is 0 Å². The summed E-state index contributed by atoms with van der Waals surface area (Å²) in [7, 11) is 0. The average molecular weight is 614 g/mol. The molecule has 3 aliphatic rings. The second-order valence-electron chi connectivity index (χ2n) is 10.9. The van der Waals surface area contributed by atoms with Gasteiger partial charge in [-0.2, -0.15) is 0 Å². The van der Waals surface area contributed by atoms with Crippen molar-refractivity contribution in [2.75, 3.05) is 24.8 Å². The Hall–Kier alpha value is -5.16. The molecule has 0 radical (unpaired) electrons. The van der Waals surface area contributed by atoms with E-state index in [2.05, 4.69) is 18.7 Å². The second kappa shape index (κ2) is 11.1. The number of ether oxygens (including phenoxy) is 5. The molecule has 232 valence electrons. The molecule has 11 heteroatoms. The number of fused-ring (bicyclic) bond motifs is 8. The first-order chi connectivity index (χ1) is 21.5. The molecule has 0 saturated carbocycles. The van der Waals surface area contributed by atoms with E-state index in [0.717, 1.165) is 18.8 Å². The number of carbonyl (C=O) groups is 4. The fraction of sp³-hybridized carbons (Fsp3) is 0.294. The molecule has 1 spiro atoms. The van der Waals surface area contributed by atoms with Crippen molar-refractivity contribution in [3.05, 3.63) is 86.8 Å². The largest absolute Gasteiger partial charge is 0.456 e. The van der Waals surface area contributed by atoms with Gasteiger partial charge in [0, 0.05) is 67.0 Å². The molecular formula is C34H31NO10. The molecule has 2 atom stereocenters. The normalized spacial score (nSPS) is 20.2. The fourth-order valence-corrected chi connectivity index (χ4v) is 6.18. The molecule has 6 rings (SSSR count). The quantitative estimate of drug-likeness (QED) is 0.239. The molecule has 0 bridgehead atoms. The van der Waals surface area contributed by atoms with Crippen LogP contribution in [0, 0.1) is 0 Å². The third-order valence-corrected chi connectivity index (χ3v) is 8.15. The maximum atomic E-state index is 13.6. The molecule has 45 heavy (non-hydrogen) atoms. The van der Waals surface area contributed by atoms with Crippen molar-refractivity contribution < 1.29 is 48.0 Å². The molecule has 0 fully saturated rings. The fourth-order valence-electron chi connectivity index (χ4n) is 6.18. The minimum Gasteiger partial charge on any atom is -0.456 e. The van der Waals surface area contributed by atoms with Crippen LogP contribution in [-0.4, -0.2) is 54.7 Å². The zero-order valence-corrected chi connectivity index (χ0v) is 25.2. The number of anilines is 1. The van der Waals surface area contributed by atoms with Gasteiger partial charge in [-0.25, -0.2) is 9.59 Å². The van der Waals surface area contributed by atoms with Gasteiger partial charge < -0.3 is 33.7 Å². The van der Waals surface area contributed by atoms with Crippen molar-refractivity contribution in [1.29, 1.82) is 0 Å². The Bertz CT molecular complexity index is 1900. The Balaban J connectivity index is 1.54. The molecule has 1 aliphatic carbocycles. The van der Waals surface area contributed by atoms with Gasteiger partial charge in [0.15, 0.2) is 5.60 Å². The number of carbonyl (C=O) groups excluding carboxylic acids is 4. The SMILES string of the molecule is CCN(CC)c1ccc2c(c1)Oc1c(ccc3c1=CCC(O)(OC(C)=O)C=3)C21OC(=O)c2cc(C(=O)OCOC(C)=O)ccc21. The van der Waals surface area contributed by atoms with E-state index in [9.17, 15) is 24.3 Å². The van der Waals surface area contributed by atoms with Crippen LogP contribution in [0.1, 0.15) is 71.5 Å². The van der Waals surface area contributed by atoms with E-state index >= 15 is 0 Å². The molecule has 3 aromatic rings. The second-order valence-corrected chi connectivity index (χ2v) is 10.9. The Labute approximate surface area is 258 Å². The minimum absolute atomic E-state index is 0.0199. The molecule has 0 saturated heterocycles. The lowest BCUT2D eigenvalue weighted by Crippen LogP contribution is -2.43. The minimum atomic E-state index is -1.82. The summed E-state index contributed by atoms with van der Waals surface area (Å²) in [4.78, 5) is 51.2. The highest BCUT2D eigenvalue weighted by atomic mass is 16.7. The van der Waals surface area contributed by atoms with Crippen LogP contribution in [0.4, 0.5) is 5.69 Å². The number of rotatable bonds is 7. The van der Waals surface area contributed by atoms with E-state index in [-0.39, 0.29) is 17.5 Å². The Kier molecular flexibility index (Phi) is 7.36. The predicted molar refractivity (Wildman–Crippen MR) is 160 cm³/mol. The Morgan fingerprint density at radius 2 is 1.67 bits per heavy atom. The number of esters is 4. The molecule has 0 aromatic heterocycles.